The molecule has 0 saturated heterocycles. The Bertz CT molecular complexity index is 613. The standard InChI is InChI=1S/C7H5N5O3S/c13-4-3(11-12-6(15)9-4)5(14)10-7-8-1-2-16-7/h1-2H,(H,8,10,14)(H2,9,12,13,15). The Morgan fingerprint density at radius 2 is 2.25 bits per heavy atom. The first kappa shape index (κ1) is 10.2. The fraction of sp³-hybridized carbons (Fsp3) is 0. The number of rotatable bonds is 2. The van der Waals surface area contributed by atoms with Crippen LogP contribution in [0, 0.1) is 0 Å². The predicted octanol–water partition coefficient (Wildman–Crippen LogP) is -0.833. The van der Waals surface area contributed by atoms with Gasteiger partial charge in [0.05, 0.1) is 0 Å². The lowest BCUT2D eigenvalue weighted by molar-refractivity contribution is 0.101. The molecule has 1 amide bonds. The normalized spacial score (nSPS) is 10.0. The summed E-state index contributed by atoms with van der Waals surface area (Å²) in [5.41, 5.74) is -2.04. The number of carbonyl (C=O) groups excluding carboxylic acids is 1. The van der Waals surface area contributed by atoms with Gasteiger partial charge in [0.25, 0.3) is 11.5 Å². The number of aromatic amines is 2. The minimum absolute atomic E-state index is 0.345. The van der Waals surface area contributed by atoms with Gasteiger partial charge in [0.1, 0.15) is 0 Å². The maximum Gasteiger partial charge on any atom is 0.342 e. The first-order chi connectivity index (χ1) is 7.66. The van der Waals surface area contributed by atoms with Crippen molar-refractivity contribution < 1.29 is 4.79 Å². The zero-order valence-corrected chi connectivity index (χ0v) is 8.50. The van der Waals surface area contributed by atoms with Crippen LogP contribution in [0.3, 0.4) is 0 Å². The highest BCUT2D eigenvalue weighted by atomic mass is 32.1. The van der Waals surface area contributed by atoms with Crippen LogP contribution in [-0.2, 0) is 0 Å². The molecule has 16 heavy (non-hydrogen) atoms. The van der Waals surface area contributed by atoms with Gasteiger partial charge in [-0.2, -0.15) is 5.10 Å². The molecule has 8 nitrogen and oxygen atoms in total. The third kappa shape index (κ3) is 2.03. The number of carbonyl (C=O) groups is 1. The van der Waals surface area contributed by atoms with E-state index in [2.05, 4.69) is 15.4 Å². The predicted molar refractivity (Wildman–Crippen MR) is 55.5 cm³/mol. The lowest BCUT2D eigenvalue weighted by Crippen LogP contribution is -2.32. The molecule has 0 aliphatic rings. The number of H-pyrrole nitrogens is 2. The van der Waals surface area contributed by atoms with E-state index in [4.69, 9.17) is 0 Å². The summed E-state index contributed by atoms with van der Waals surface area (Å²) in [6.07, 6.45) is 1.50. The van der Waals surface area contributed by atoms with Gasteiger partial charge in [0.2, 0.25) is 5.69 Å². The number of anilines is 1. The number of amides is 1. The Kier molecular flexibility index (Phi) is 2.60. The fourth-order valence-electron chi connectivity index (χ4n) is 0.943. The quantitative estimate of drug-likeness (QED) is 0.631. The molecule has 3 N–H and O–H groups in total. The summed E-state index contributed by atoms with van der Waals surface area (Å²) in [7, 11) is 0. The van der Waals surface area contributed by atoms with Crippen LogP contribution in [-0.4, -0.2) is 26.1 Å². The number of hydrogen-bond acceptors (Lipinski definition) is 6. The van der Waals surface area contributed by atoms with Crippen LogP contribution in [0.5, 0.6) is 0 Å². The van der Waals surface area contributed by atoms with Crippen LogP contribution < -0.4 is 16.6 Å². The first-order valence-corrected chi connectivity index (χ1v) is 4.94. The minimum Gasteiger partial charge on any atom is -0.296 e. The second-order valence-corrected chi connectivity index (χ2v) is 3.54. The van der Waals surface area contributed by atoms with E-state index in [1.807, 2.05) is 10.1 Å². The molecule has 82 valence electrons. The lowest BCUT2D eigenvalue weighted by atomic mass is 10.4. The molecule has 0 radical (unpaired) electrons. The first-order valence-electron chi connectivity index (χ1n) is 4.06. The van der Waals surface area contributed by atoms with Gasteiger partial charge in [-0.1, -0.05) is 0 Å². The minimum atomic E-state index is -0.849. The Labute approximate surface area is 91.4 Å². The summed E-state index contributed by atoms with van der Waals surface area (Å²) in [6.45, 7) is 0. The summed E-state index contributed by atoms with van der Waals surface area (Å²) in [5.74, 6) is -0.729. The van der Waals surface area contributed by atoms with Gasteiger partial charge in [-0.15, -0.1) is 11.3 Å². The smallest absolute Gasteiger partial charge is 0.296 e. The number of hydrogen-bond donors (Lipinski definition) is 3. The zero-order chi connectivity index (χ0) is 11.5. The molecule has 0 aromatic carbocycles. The molecule has 0 fully saturated rings. The fourth-order valence-corrected chi connectivity index (χ4v) is 1.47. The van der Waals surface area contributed by atoms with Crippen LogP contribution in [0.15, 0.2) is 21.2 Å². The van der Waals surface area contributed by atoms with Crippen molar-refractivity contribution in [3.8, 4) is 0 Å². The molecule has 0 unspecified atom stereocenters. The summed E-state index contributed by atoms with van der Waals surface area (Å²) >= 11 is 1.20. The average molecular weight is 239 g/mol. The third-order valence-corrected chi connectivity index (χ3v) is 2.27. The van der Waals surface area contributed by atoms with Crippen molar-refractivity contribution in [2.45, 2.75) is 0 Å². The molecule has 2 aromatic rings. The SMILES string of the molecule is O=C(Nc1nccs1)c1n[nH]c(=O)[nH]c1=O. The van der Waals surface area contributed by atoms with Gasteiger partial charge in [-0.05, 0) is 0 Å². The van der Waals surface area contributed by atoms with Gasteiger partial charge >= 0.3 is 5.69 Å². The molecular formula is C7H5N5O3S. The van der Waals surface area contributed by atoms with Gasteiger partial charge in [-0.25, -0.2) is 14.9 Å². The van der Waals surface area contributed by atoms with E-state index < -0.39 is 22.9 Å². The molecule has 2 heterocycles. The maximum atomic E-state index is 11.5. The molecular weight excluding hydrogens is 234 g/mol. The number of nitrogens with one attached hydrogen (secondary N) is 3. The Hall–Kier alpha value is -2.29. The van der Waals surface area contributed by atoms with Crippen molar-refractivity contribution in [3.05, 3.63) is 38.1 Å². The van der Waals surface area contributed by atoms with Gasteiger partial charge in [0, 0.05) is 11.6 Å². The highest BCUT2D eigenvalue weighted by Crippen LogP contribution is 2.10. The second-order valence-electron chi connectivity index (χ2n) is 2.65. The van der Waals surface area contributed by atoms with Gasteiger partial charge in [0.15, 0.2) is 5.13 Å². The third-order valence-electron chi connectivity index (χ3n) is 1.58. The Balaban J connectivity index is 2.28. The molecule has 9 heteroatoms. The van der Waals surface area contributed by atoms with Crippen molar-refractivity contribution >= 4 is 22.4 Å². The van der Waals surface area contributed by atoms with E-state index in [0.29, 0.717) is 5.13 Å². The van der Waals surface area contributed by atoms with Crippen molar-refractivity contribution in [2.24, 2.45) is 0 Å². The molecule has 2 rings (SSSR count). The molecule has 0 spiro atoms. The van der Waals surface area contributed by atoms with Gasteiger partial charge in [-0.3, -0.25) is 19.9 Å². The largest absolute Gasteiger partial charge is 0.342 e. The molecule has 0 saturated carbocycles. The monoisotopic (exact) mass is 239 g/mol. The average Bonchev–Trinajstić information content (AvgIpc) is 2.70. The summed E-state index contributed by atoms with van der Waals surface area (Å²) < 4.78 is 0. The van der Waals surface area contributed by atoms with E-state index in [9.17, 15) is 14.4 Å². The van der Waals surface area contributed by atoms with E-state index in [0.717, 1.165) is 0 Å². The lowest BCUT2D eigenvalue weighted by Gasteiger charge is -1.97. The molecule has 0 bridgehead atoms. The Morgan fingerprint density at radius 3 is 2.88 bits per heavy atom. The van der Waals surface area contributed by atoms with E-state index in [1.54, 1.807) is 5.38 Å². The summed E-state index contributed by atoms with van der Waals surface area (Å²) in [6, 6.07) is 0. The Morgan fingerprint density at radius 1 is 1.44 bits per heavy atom. The zero-order valence-electron chi connectivity index (χ0n) is 7.68. The summed E-state index contributed by atoms with van der Waals surface area (Å²) in [5, 5.41) is 9.68. The number of nitrogens with zero attached hydrogens (tertiary/aromatic N) is 2. The van der Waals surface area contributed by atoms with E-state index in [-0.39, 0.29) is 0 Å². The van der Waals surface area contributed by atoms with Crippen LogP contribution in [0.4, 0.5) is 5.13 Å². The van der Waals surface area contributed by atoms with E-state index in [1.165, 1.54) is 17.5 Å². The molecule has 0 aliphatic heterocycles. The molecule has 2 aromatic heterocycles. The highest BCUT2D eigenvalue weighted by molar-refractivity contribution is 7.13. The highest BCUT2D eigenvalue weighted by Gasteiger charge is 2.13. The van der Waals surface area contributed by atoms with Crippen LogP contribution in [0.1, 0.15) is 10.5 Å². The van der Waals surface area contributed by atoms with Gasteiger partial charge < -0.3 is 0 Å². The van der Waals surface area contributed by atoms with Crippen molar-refractivity contribution in [2.75, 3.05) is 5.32 Å². The second kappa shape index (κ2) is 4.06. The van der Waals surface area contributed by atoms with Crippen molar-refractivity contribution in [1.29, 1.82) is 0 Å². The van der Waals surface area contributed by atoms with Crippen LogP contribution in [0.2, 0.25) is 0 Å². The molecule has 0 aliphatic carbocycles. The molecule has 0 atom stereocenters. The number of thiazole rings is 1. The van der Waals surface area contributed by atoms with Crippen molar-refractivity contribution in [3.63, 3.8) is 0 Å². The van der Waals surface area contributed by atoms with E-state index >= 15 is 0 Å². The maximum absolute atomic E-state index is 11.5. The number of aromatic nitrogens is 4. The van der Waals surface area contributed by atoms with Crippen LogP contribution >= 0.6 is 11.3 Å². The van der Waals surface area contributed by atoms with Crippen LogP contribution in [0.25, 0.3) is 0 Å². The topological polar surface area (TPSA) is 121 Å². The van der Waals surface area contributed by atoms with Crippen molar-refractivity contribution in [1.82, 2.24) is 20.2 Å². The summed E-state index contributed by atoms with van der Waals surface area (Å²) in [4.78, 5) is 39.1.